The molecule has 0 heterocycles. The van der Waals surface area contributed by atoms with E-state index in [0.29, 0.717) is 13.0 Å². The van der Waals surface area contributed by atoms with Crippen molar-refractivity contribution in [3.05, 3.63) is 12.2 Å². The molecule has 0 aromatic heterocycles. The van der Waals surface area contributed by atoms with Crippen LogP contribution in [-0.4, -0.2) is 12.6 Å². The molecule has 0 saturated heterocycles. The number of hydrogen-bond acceptors (Lipinski definition) is 2. The van der Waals surface area contributed by atoms with Crippen molar-refractivity contribution in [2.45, 2.75) is 142 Å². The van der Waals surface area contributed by atoms with Gasteiger partial charge in [-0.25, -0.2) is 0 Å². The second-order valence-corrected chi connectivity index (χ2v) is 8.26. The van der Waals surface area contributed by atoms with Gasteiger partial charge in [0.05, 0.1) is 6.61 Å². The van der Waals surface area contributed by atoms with Gasteiger partial charge in [0.1, 0.15) is 0 Å². The van der Waals surface area contributed by atoms with Crippen LogP contribution < -0.4 is 0 Å². The molecule has 2 nitrogen and oxygen atoms in total. The summed E-state index contributed by atoms with van der Waals surface area (Å²) in [6.45, 7) is 4.66. The molecule has 0 aliphatic carbocycles. The van der Waals surface area contributed by atoms with Crippen molar-refractivity contribution in [2.24, 2.45) is 0 Å². The molecule has 0 fully saturated rings. The highest BCUT2D eigenvalue weighted by atomic mass is 16.5. The number of esters is 1. The Morgan fingerprint density at radius 1 is 0.571 bits per heavy atom. The quantitative estimate of drug-likeness (QED) is 0.104. The van der Waals surface area contributed by atoms with E-state index in [1.807, 2.05) is 6.92 Å². The van der Waals surface area contributed by atoms with Crippen molar-refractivity contribution < 1.29 is 9.53 Å². The van der Waals surface area contributed by atoms with E-state index in [9.17, 15) is 4.79 Å². The third kappa shape index (κ3) is 23.2. The lowest BCUT2D eigenvalue weighted by atomic mass is 10.0. The molecule has 0 unspecified atom stereocenters. The lowest BCUT2D eigenvalue weighted by Crippen LogP contribution is -2.03. The summed E-state index contributed by atoms with van der Waals surface area (Å²) >= 11 is 0. The van der Waals surface area contributed by atoms with Gasteiger partial charge in [-0.1, -0.05) is 109 Å². The lowest BCUT2D eigenvalue weighted by molar-refractivity contribution is -0.143. The van der Waals surface area contributed by atoms with Crippen molar-refractivity contribution >= 4 is 5.97 Å². The van der Waals surface area contributed by atoms with E-state index < -0.39 is 0 Å². The minimum Gasteiger partial charge on any atom is -0.466 e. The average molecular weight is 395 g/mol. The number of rotatable bonds is 22. The predicted octanol–water partition coefficient (Wildman–Crippen LogP) is 8.93. The number of ether oxygens (including phenoxy) is 1. The van der Waals surface area contributed by atoms with Crippen molar-refractivity contribution in [2.75, 3.05) is 6.61 Å². The molecule has 0 radical (unpaired) electrons. The first-order chi connectivity index (χ1) is 13.8. The Morgan fingerprint density at radius 2 is 0.964 bits per heavy atom. The van der Waals surface area contributed by atoms with E-state index in [4.69, 9.17) is 4.74 Å². The van der Waals surface area contributed by atoms with Gasteiger partial charge in [0.15, 0.2) is 0 Å². The summed E-state index contributed by atoms with van der Waals surface area (Å²) in [5.41, 5.74) is 0. The van der Waals surface area contributed by atoms with E-state index in [1.54, 1.807) is 0 Å². The van der Waals surface area contributed by atoms with Gasteiger partial charge in [0.25, 0.3) is 0 Å². The number of carbonyl (C=O) groups excluding carboxylic acids is 1. The van der Waals surface area contributed by atoms with Crippen LogP contribution in [0.3, 0.4) is 0 Å². The fourth-order valence-corrected chi connectivity index (χ4v) is 3.63. The zero-order chi connectivity index (χ0) is 20.5. The standard InChI is InChI=1S/C26H50O2/c1-3-5-6-7-8-9-10-11-12-13-14-15-16-17-18-19-20-21-22-23-24-25-26(27)28-4-2/h11-12H,3-10,13-25H2,1-2H3. The molecule has 0 aromatic carbocycles. The van der Waals surface area contributed by atoms with Gasteiger partial charge < -0.3 is 4.74 Å². The summed E-state index contributed by atoms with van der Waals surface area (Å²) in [6.07, 6.45) is 30.9. The SMILES string of the molecule is CCCCCCCCC=CCCCCCCCCCCCCCC(=O)OCC. The van der Waals surface area contributed by atoms with Crippen LogP contribution in [-0.2, 0) is 9.53 Å². The summed E-state index contributed by atoms with van der Waals surface area (Å²) in [5.74, 6) is -0.0317. The zero-order valence-corrected chi connectivity index (χ0v) is 19.3. The van der Waals surface area contributed by atoms with E-state index in [-0.39, 0.29) is 5.97 Å². The van der Waals surface area contributed by atoms with Crippen LogP contribution in [0.4, 0.5) is 0 Å². The third-order valence-corrected chi connectivity index (χ3v) is 5.45. The van der Waals surface area contributed by atoms with Gasteiger partial charge in [-0.05, 0) is 39.0 Å². The Morgan fingerprint density at radius 3 is 1.39 bits per heavy atom. The highest BCUT2D eigenvalue weighted by molar-refractivity contribution is 5.69. The largest absolute Gasteiger partial charge is 0.466 e. The van der Waals surface area contributed by atoms with Crippen molar-refractivity contribution in [1.82, 2.24) is 0 Å². The number of allylic oxidation sites excluding steroid dienone is 2. The Bertz CT molecular complexity index is 335. The molecule has 0 N–H and O–H groups in total. The third-order valence-electron chi connectivity index (χ3n) is 5.45. The fraction of sp³-hybridized carbons (Fsp3) is 0.885. The van der Waals surface area contributed by atoms with Crippen LogP contribution >= 0.6 is 0 Å². The molecular weight excluding hydrogens is 344 g/mol. The van der Waals surface area contributed by atoms with Gasteiger partial charge in [-0.3, -0.25) is 4.79 Å². The van der Waals surface area contributed by atoms with E-state index in [2.05, 4.69) is 19.1 Å². The maximum Gasteiger partial charge on any atom is 0.305 e. The van der Waals surface area contributed by atoms with Gasteiger partial charge in [0, 0.05) is 6.42 Å². The Hall–Kier alpha value is -0.790. The highest BCUT2D eigenvalue weighted by Crippen LogP contribution is 2.13. The maximum absolute atomic E-state index is 11.2. The molecule has 0 rings (SSSR count). The molecule has 28 heavy (non-hydrogen) atoms. The van der Waals surface area contributed by atoms with Crippen LogP contribution in [0.1, 0.15) is 142 Å². The summed E-state index contributed by atoms with van der Waals surface area (Å²) in [7, 11) is 0. The topological polar surface area (TPSA) is 26.3 Å². The van der Waals surface area contributed by atoms with Gasteiger partial charge in [-0.2, -0.15) is 0 Å². The summed E-state index contributed by atoms with van der Waals surface area (Å²) in [6, 6.07) is 0. The van der Waals surface area contributed by atoms with Crippen molar-refractivity contribution in [3.8, 4) is 0 Å². The summed E-state index contributed by atoms with van der Waals surface area (Å²) in [4.78, 5) is 11.2. The summed E-state index contributed by atoms with van der Waals surface area (Å²) in [5, 5.41) is 0. The molecule has 0 atom stereocenters. The predicted molar refractivity (Wildman–Crippen MR) is 124 cm³/mol. The minimum absolute atomic E-state index is 0.0317. The summed E-state index contributed by atoms with van der Waals surface area (Å²) < 4.78 is 4.94. The van der Waals surface area contributed by atoms with E-state index in [1.165, 1.54) is 116 Å². The molecule has 0 amide bonds. The molecule has 2 heteroatoms. The number of unbranched alkanes of at least 4 members (excludes halogenated alkanes) is 17. The van der Waals surface area contributed by atoms with E-state index >= 15 is 0 Å². The molecule has 0 saturated carbocycles. The molecule has 0 aliphatic heterocycles. The van der Waals surface area contributed by atoms with Crippen LogP contribution in [0, 0.1) is 0 Å². The first-order valence-corrected chi connectivity index (χ1v) is 12.6. The fourth-order valence-electron chi connectivity index (χ4n) is 3.63. The van der Waals surface area contributed by atoms with Crippen molar-refractivity contribution in [1.29, 1.82) is 0 Å². The van der Waals surface area contributed by atoms with Crippen LogP contribution in [0.25, 0.3) is 0 Å². The first-order valence-electron chi connectivity index (χ1n) is 12.6. The maximum atomic E-state index is 11.2. The van der Waals surface area contributed by atoms with Crippen LogP contribution in [0.2, 0.25) is 0 Å². The van der Waals surface area contributed by atoms with Gasteiger partial charge >= 0.3 is 5.97 Å². The zero-order valence-electron chi connectivity index (χ0n) is 19.3. The number of hydrogen-bond donors (Lipinski definition) is 0. The van der Waals surface area contributed by atoms with Crippen LogP contribution in [0.15, 0.2) is 12.2 Å². The van der Waals surface area contributed by atoms with Gasteiger partial charge in [0.2, 0.25) is 0 Å². The monoisotopic (exact) mass is 394 g/mol. The normalized spacial score (nSPS) is 11.4. The molecule has 0 spiro atoms. The molecular formula is C26H50O2. The number of carbonyl (C=O) groups is 1. The van der Waals surface area contributed by atoms with Crippen LogP contribution in [0.5, 0.6) is 0 Å². The first kappa shape index (κ1) is 27.2. The Labute approximate surface area is 176 Å². The molecule has 166 valence electrons. The average Bonchev–Trinajstić information content (AvgIpc) is 2.69. The smallest absolute Gasteiger partial charge is 0.305 e. The second-order valence-electron chi connectivity index (χ2n) is 8.26. The highest BCUT2D eigenvalue weighted by Gasteiger charge is 2.00. The Balaban J connectivity index is 3.10. The van der Waals surface area contributed by atoms with E-state index in [0.717, 1.165) is 6.42 Å². The van der Waals surface area contributed by atoms with Gasteiger partial charge in [-0.15, -0.1) is 0 Å². The molecule has 0 aromatic rings. The second kappa shape index (κ2) is 24.2. The molecule has 0 bridgehead atoms. The lowest BCUT2D eigenvalue weighted by Gasteiger charge is -2.03. The minimum atomic E-state index is -0.0317. The Kier molecular flexibility index (Phi) is 23.6. The van der Waals surface area contributed by atoms with Crippen molar-refractivity contribution in [3.63, 3.8) is 0 Å². The molecule has 0 aliphatic rings.